The van der Waals surface area contributed by atoms with Gasteiger partial charge in [0.15, 0.2) is 17.5 Å². The molecule has 2 amide bonds. The van der Waals surface area contributed by atoms with Crippen LogP contribution in [0.1, 0.15) is 16.1 Å². The number of imide groups is 1. The number of ether oxygens (including phenoxy) is 1. The van der Waals surface area contributed by atoms with Crippen molar-refractivity contribution in [2.75, 3.05) is 12.4 Å². The van der Waals surface area contributed by atoms with E-state index in [-0.39, 0.29) is 11.5 Å². The molecule has 4 aromatic rings. The largest absolute Gasteiger partial charge is 0.459 e. The number of nitrogens with one attached hydrogen (secondary N) is 1. The zero-order valence-corrected chi connectivity index (χ0v) is 18.8. The normalized spacial score (nSPS) is 10.8. The molecule has 168 valence electrons. The van der Waals surface area contributed by atoms with E-state index in [2.05, 4.69) is 10.3 Å². The van der Waals surface area contributed by atoms with Crippen LogP contribution in [0, 0.1) is 0 Å². The van der Waals surface area contributed by atoms with Crippen LogP contribution < -0.4 is 5.32 Å². The van der Waals surface area contributed by atoms with Crippen LogP contribution in [0.25, 0.3) is 11.0 Å². The molecule has 8 nitrogen and oxygen atoms in total. The second kappa shape index (κ2) is 10.4. The Hall–Kier alpha value is -3.56. The van der Waals surface area contributed by atoms with E-state index in [9.17, 15) is 14.4 Å². The van der Waals surface area contributed by atoms with Gasteiger partial charge >= 0.3 is 5.97 Å². The van der Waals surface area contributed by atoms with Gasteiger partial charge in [-0.1, -0.05) is 53.7 Å². The third-order valence-electron chi connectivity index (χ3n) is 4.54. The van der Waals surface area contributed by atoms with E-state index in [1.807, 2.05) is 41.0 Å². The minimum atomic E-state index is -0.749. The Kier molecular flexibility index (Phi) is 7.11. The summed E-state index contributed by atoms with van der Waals surface area (Å²) >= 11 is 7.30. The Bertz CT molecular complexity index is 1290. The number of nitrogens with zero attached hydrogens (tertiary/aromatic N) is 2. The molecule has 0 bridgehead atoms. The van der Waals surface area contributed by atoms with E-state index in [0.29, 0.717) is 22.2 Å². The van der Waals surface area contributed by atoms with Crippen LogP contribution in [0.5, 0.6) is 0 Å². The molecule has 0 saturated carbocycles. The van der Waals surface area contributed by atoms with Crippen LogP contribution in [0.15, 0.2) is 76.5 Å². The van der Waals surface area contributed by atoms with Crippen LogP contribution in [-0.2, 0) is 20.9 Å². The summed E-state index contributed by atoms with van der Waals surface area (Å²) in [6, 6.07) is 18.2. The van der Waals surface area contributed by atoms with Crippen molar-refractivity contribution in [3.8, 4) is 0 Å². The Morgan fingerprint density at radius 2 is 1.91 bits per heavy atom. The monoisotopic (exact) mass is 483 g/mol. The summed E-state index contributed by atoms with van der Waals surface area (Å²) in [6.45, 7) is -0.0183. The molecule has 2 aromatic carbocycles. The molecular formula is C23H18ClN3O5S. The predicted molar refractivity (Wildman–Crippen MR) is 123 cm³/mol. The molecule has 0 unspecified atom stereocenters. The summed E-state index contributed by atoms with van der Waals surface area (Å²) in [5, 5.41) is 3.27. The highest BCUT2D eigenvalue weighted by molar-refractivity contribution is 7.99. The van der Waals surface area contributed by atoms with Crippen LogP contribution in [0.4, 0.5) is 0 Å². The molecule has 0 radical (unpaired) electrons. The number of imidazole rings is 1. The number of rotatable bonds is 8. The molecule has 10 heteroatoms. The molecule has 0 saturated heterocycles. The van der Waals surface area contributed by atoms with Gasteiger partial charge in [-0.2, -0.15) is 0 Å². The number of thioether (sulfide) groups is 1. The third kappa shape index (κ3) is 5.82. The molecule has 1 N–H and O–H groups in total. The van der Waals surface area contributed by atoms with E-state index in [4.69, 9.17) is 20.8 Å². The summed E-state index contributed by atoms with van der Waals surface area (Å²) in [4.78, 5) is 40.4. The van der Waals surface area contributed by atoms with E-state index in [1.54, 1.807) is 12.1 Å². The lowest BCUT2D eigenvalue weighted by atomic mass is 10.2. The van der Waals surface area contributed by atoms with E-state index in [0.717, 1.165) is 11.1 Å². The molecule has 0 aliphatic carbocycles. The first-order valence-electron chi connectivity index (χ1n) is 9.85. The standard InChI is InChI=1S/C23H18ClN3O5S/c24-16-8-9-18-17(11-16)25-23(27(18)12-15-5-2-1-3-6-15)33-14-21(29)32-13-20(28)26-22(30)19-7-4-10-31-19/h1-11H,12-14H2,(H,26,28,30). The molecule has 0 spiro atoms. The van der Waals surface area contributed by atoms with Crippen LogP contribution in [-0.4, -0.2) is 39.7 Å². The minimum Gasteiger partial charge on any atom is -0.459 e. The molecule has 0 fully saturated rings. The smallest absolute Gasteiger partial charge is 0.316 e. The number of esters is 1. The zero-order valence-electron chi connectivity index (χ0n) is 17.2. The van der Waals surface area contributed by atoms with Gasteiger partial charge in [-0.3, -0.25) is 19.7 Å². The second-order valence-corrected chi connectivity index (χ2v) is 8.28. The number of halogens is 1. The van der Waals surface area contributed by atoms with Crippen LogP contribution >= 0.6 is 23.4 Å². The van der Waals surface area contributed by atoms with Crippen molar-refractivity contribution in [2.45, 2.75) is 11.7 Å². The highest BCUT2D eigenvalue weighted by atomic mass is 35.5. The quantitative estimate of drug-likeness (QED) is 0.299. The SMILES string of the molecule is O=C(COC(=O)CSc1nc2cc(Cl)ccc2n1Cc1ccccc1)NC(=O)c1ccco1. The second-order valence-electron chi connectivity index (χ2n) is 6.90. The van der Waals surface area contributed by atoms with Crippen LogP contribution in [0.3, 0.4) is 0 Å². The number of carbonyl (C=O) groups is 3. The molecule has 2 aromatic heterocycles. The Labute approximate surface area is 197 Å². The Balaban J connectivity index is 1.38. The number of fused-ring (bicyclic) bond motifs is 1. The number of aromatic nitrogens is 2. The fourth-order valence-electron chi connectivity index (χ4n) is 3.05. The van der Waals surface area contributed by atoms with E-state index >= 15 is 0 Å². The number of carbonyl (C=O) groups excluding carboxylic acids is 3. The lowest BCUT2D eigenvalue weighted by Crippen LogP contribution is -2.34. The molecule has 0 atom stereocenters. The average molecular weight is 484 g/mol. The molecule has 2 heterocycles. The van der Waals surface area contributed by atoms with E-state index < -0.39 is 24.4 Å². The maximum absolute atomic E-state index is 12.2. The van der Waals surface area contributed by atoms with Crippen molar-refractivity contribution >= 4 is 52.2 Å². The molecule has 33 heavy (non-hydrogen) atoms. The van der Waals surface area contributed by atoms with Gasteiger partial charge in [0.2, 0.25) is 0 Å². The van der Waals surface area contributed by atoms with Crippen molar-refractivity contribution in [1.82, 2.24) is 14.9 Å². The van der Waals surface area contributed by atoms with Crippen molar-refractivity contribution < 1.29 is 23.5 Å². The highest BCUT2D eigenvalue weighted by Crippen LogP contribution is 2.27. The fraction of sp³-hybridized carbons (Fsp3) is 0.130. The van der Waals surface area contributed by atoms with Gasteiger partial charge in [-0.15, -0.1) is 0 Å². The van der Waals surface area contributed by atoms with Crippen molar-refractivity contribution in [1.29, 1.82) is 0 Å². The molecular weight excluding hydrogens is 466 g/mol. The predicted octanol–water partition coefficient (Wildman–Crippen LogP) is 3.92. The summed E-state index contributed by atoms with van der Waals surface area (Å²) < 4.78 is 11.9. The topological polar surface area (TPSA) is 103 Å². The summed E-state index contributed by atoms with van der Waals surface area (Å²) in [6.07, 6.45) is 1.32. The number of hydrogen-bond acceptors (Lipinski definition) is 7. The first kappa shape index (κ1) is 22.6. The van der Waals surface area contributed by atoms with Gasteiger partial charge in [-0.05, 0) is 35.9 Å². The zero-order chi connectivity index (χ0) is 23.2. The number of benzene rings is 2. The Morgan fingerprint density at radius 1 is 1.09 bits per heavy atom. The highest BCUT2D eigenvalue weighted by Gasteiger charge is 2.17. The average Bonchev–Trinajstić information content (AvgIpc) is 3.45. The van der Waals surface area contributed by atoms with E-state index in [1.165, 1.54) is 30.2 Å². The fourth-order valence-corrected chi connectivity index (χ4v) is 4.03. The number of hydrogen-bond donors (Lipinski definition) is 1. The summed E-state index contributed by atoms with van der Waals surface area (Å²) in [5.41, 5.74) is 2.68. The van der Waals surface area contributed by atoms with Gasteiger partial charge in [0, 0.05) is 5.02 Å². The van der Waals surface area contributed by atoms with Gasteiger partial charge in [0.25, 0.3) is 11.8 Å². The maximum atomic E-state index is 12.2. The van der Waals surface area contributed by atoms with Gasteiger partial charge in [0.1, 0.15) is 0 Å². The summed E-state index contributed by atoms with van der Waals surface area (Å²) in [7, 11) is 0. The minimum absolute atomic E-state index is 0.0114. The molecule has 0 aliphatic heterocycles. The van der Waals surface area contributed by atoms with Gasteiger partial charge in [0.05, 0.1) is 29.6 Å². The first-order valence-corrected chi connectivity index (χ1v) is 11.2. The van der Waals surface area contributed by atoms with Crippen molar-refractivity contribution in [2.24, 2.45) is 0 Å². The van der Waals surface area contributed by atoms with Crippen molar-refractivity contribution in [3.05, 3.63) is 83.3 Å². The third-order valence-corrected chi connectivity index (χ3v) is 5.73. The van der Waals surface area contributed by atoms with Gasteiger partial charge < -0.3 is 13.7 Å². The first-order chi connectivity index (χ1) is 16.0. The lowest BCUT2D eigenvalue weighted by molar-refractivity contribution is -0.145. The summed E-state index contributed by atoms with van der Waals surface area (Å²) in [5.74, 6) is -2.14. The van der Waals surface area contributed by atoms with Crippen LogP contribution in [0.2, 0.25) is 5.02 Å². The number of amides is 2. The lowest BCUT2D eigenvalue weighted by Gasteiger charge is -2.09. The molecule has 4 rings (SSSR count). The van der Waals surface area contributed by atoms with Crippen molar-refractivity contribution in [3.63, 3.8) is 0 Å². The molecule has 0 aliphatic rings. The van der Waals surface area contributed by atoms with Gasteiger partial charge in [-0.25, -0.2) is 4.98 Å². The maximum Gasteiger partial charge on any atom is 0.316 e. The number of furan rings is 1. The Morgan fingerprint density at radius 3 is 2.67 bits per heavy atom.